The first-order valence-electron chi connectivity index (χ1n) is 8.18. The van der Waals surface area contributed by atoms with Crippen LogP contribution in [0.2, 0.25) is 0 Å². The molecule has 23 heavy (non-hydrogen) atoms. The van der Waals surface area contributed by atoms with Crippen molar-refractivity contribution in [3.63, 3.8) is 0 Å². The first-order chi connectivity index (χ1) is 11.2. The molecule has 1 aromatic carbocycles. The number of piperidine rings is 1. The molecule has 1 N–H and O–H groups in total. The van der Waals surface area contributed by atoms with Crippen molar-refractivity contribution in [2.24, 2.45) is 4.99 Å². The Bertz CT molecular complexity index is 504. The Kier molecular flexibility index (Phi) is 8.36. The van der Waals surface area contributed by atoms with E-state index in [0.717, 1.165) is 56.5 Å². The van der Waals surface area contributed by atoms with Crippen LogP contribution in [-0.2, 0) is 0 Å². The van der Waals surface area contributed by atoms with E-state index in [4.69, 9.17) is 9.73 Å². The van der Waals surface area contributed by atoms with Gasteiger partial charge in [-0.05, 0) is 47.9 Å². The number of rotatable bonds is 6. The summed E-state index contributed by atoms with van der Waals surface area (Å²) in [7, 11) is 0. The number of guanidine groups is 1. The maximum Gasteiger partial charge on any atom is 0.193 e. The van der Waals surface area contributed by atoms with Crippen molar-refractivity contribution >= 4 is 40.3 Å². The predicted molar refractivity (Wildman–Crippen MR) is 109 cm³/mol. The van der Waals surface area contributed by atoms with Crippen LogP contribution in [0.5, 0.6) is 5.75 Å². The molecule has 6 heteroatoms. The molecule has 2 rings (SSSR count). The second-order valence-corrected chi connectivity index (χ2v) is 7.61. The Morgan fingerprint density at radius 2 is 2.13 bits per heavy atom. The Hall–Kier alpha value is -0.630. The summed E-state index contributed by atoms with van der Waals surface area (Å²) in [5.74, 6) is 3.13. The predicted octanol–water partition coefficient (Wildman–Crippen LogP) is 3.46. The Morgan fingerprint density at radius 3 is 2.78 bits per heavy atom. The van der Waals surface area contributed by atoms with Gasteiger partial charge in [0.2, 0.25) is 0 Å². The third kappa shape index (κ3) is 6.06. The summed E-state index contributed by atoms with van der Waals surface area (Å²) >= 11 is 4.17. The molecule has 128 valence electrons. The van der Waals surface area contributed by atoms with E-state index in [1.165, 1.54) is 3.57 Å². The highest BCUT2D eigenvalue weighted by Crippen LogP contribution is 2.24. The molecule has 0 aliphatic carbocycles. The lowest BCUT2D eigenvalue weighted by Crippen LogP contribution is -2.47. The second-order valence-electron chi connectivity index (χ2n) is 5.46. The lowest BCUT2D eigenvalue weighted by atomic mass is 10.1. The van der Waals surface area contributed by atoms with Crippen LogP contribution in [0, 0.1) is 3.57 Å². The number of nitrogens with zero attached hydrogens (tertiary/aromatic N) is 2. The molecule has 4 nitrogen and oxygen atoms in total. The molecule has 0 atom stereocenters. The number of benzene rings is 1. The number of nitrogens with one attached hydrogen (secondary N) is 1. The summed E-state index contributed by atoms with van der Waals surface area (Å²) in [5.41, 5.74) is 0. The van der Waals surface area contributed by atoms with Gasteiger partial charge in [-0.3, -0.25) is 4.99 Å². The molecule has 1 saturated heterocycles. The van der Waals surface area contributed by atoms with Crippen molar-refractivity contribution in [2.75, 3.05) is 38.2 Å². The summed E-state index contributed by atoms with van der Waals surface area (Å²) < 4.78 is 7.35. The first-order valence-corrected chi connectivity index (χ1v) is 10.6. The zero-order chi connectivity index (χ0) is 16.5. The van der Waals surface area contributed by atoms with E-state index in [2.05, 4.69) is 58.1 Å². The van der Waals surface area contributed by atoms with Crippen molar-refractivity contribution in [2.45, 2.75) is 25.9 Å². The third-order valence-corrected chi connectivity index (χ3v) is 5.25. The maximum atomic E-state index is 6.17. The topological polar surface area (TPSA) is 36.9 Å². The van der Waals surface area contributed by atoms with Gasteiger partial charge in [0.05, 0.1) is 10.1 Å². The number of thioether (sulfide) groups is 1. The van der Waals surface area contributed by atoms with E-state index in [9.17, 15) is 0 Å². The number of ether oxygens (including phenoxy) is 1. The van der Waals surface area contributed by atoms with Crippen molar-refractivity contribution < 1.29 is 4.74 Å². The van der Waals surface area contributed by atoms with Gasteiger partial charge >= 0.3 is 0 Å². The fourth-order valence-corrected chi connectivity index (χ4v) is 3.36. The first kappa shape index (κ1) is 18.7. The van der Waals surface area contributed by atoms with E-state index in [1.54, 1.807) is 0 Å². The van der Waals surface area contributed by atoms with E-state index in [1.807, 2.05) is 23.9 Å². The number of hydrogen-bond acceptors (Lipinski definition) is 3. The average Bonchev–Trinajstić information content (AvgIpc) is 2.57. The molecule has 0 aromatic heterocycles. The molecule has 1 fully saturated rings. The standard InChI is InChI=1S/C17H26IN3OS/c1-3-19-17(20-10-13-23-2)21-11-8-14(9-12-21)22-16-7-5-4-6-15(16)18/h4-7,14H,3,8-13H2,1-2H3,(H,19,20). The normalized spacial score (nSPS) is 16.5. The van der Waals surface area contributed by atoms with Crippen molar-refractivity contribution in [3.8, 4) is 5.75 Å². The van der Waals surface area contributed by atoms with Gasteiger partial charge in [-0.25, -0.2) is 0 Å². The molecule has 0 amide bonds. The molecular formula is C17H26IN3OS. The summed E-state index contributed by atoms with van der Waals surface area (Å²) in [5, 5.41) is 3.41. The van der Waals surface area contributed by atoms with Crippen LogP contribution >= 0.6 is 34.4 Å². The van der Waals surface area contributed by atoms with E-state index in [-0.39, 0.29) is 0 Å². The average molecular weight is 447 g/mol. The van der Waals surface area contributed by atoms with Gasteiger partial charge < -0.3 is 15.0 Å². The van der Waals surface area contributed by atoms with Crippen molar-refractivity contribution in [1.29, 1.82) is 0 Å². The lowest BCUT2D eigenvalue weighted by molar-refractivity contribution is 0.128. The van der Waals surface area contributed by atoms with Crippen LogP contribution in [0.1, 0.15) is 19.8 Å². The van der Waals surface area contributed by atoms with Crippen molar-refractivity contribution in [1.82, 2.24) is 10.2 Å². The largest absolute Gasteiger partial charge is 0.489 e. The molecule has 0 bridgehead atoms. The van der Waals surface area contributed by atoms with Gasteiger partial charge in [-0.15, -0.1) is 0 Å². The maximum absolute atomic E-state index is 6.17. The van der Waals surface area contributed by atoms with Crippen LogP contribution in [0.15, 0.2) is 29.3 Å². The highest BCUT2D eigenvalue weighted by atomic mass is 127. The third-order valence-electron chi connectivity index (χ3n) is 3.76. The van der Waals surface area contributed by atoms with Gasteiger partial charge in [0.25, 0.3) is 0 Å². The monoisotopic (exact) mass is 447 g/mol. The molecule has 0 saturated carbocycles. The van der Waals surface area contributed by atoms with Gasteiger partial charge in [-0.2, -0.15) is 11.8 Å². The zero-order valence-electron chi connectivity index (χ0n) is 13.9. The molecule has 0 unspecified atom stereocenters. The second kappa shape index (κ2) is 10.3. The molecule has 1 aliphatic rings. The zero-order valence-corrected chi connectivity index (χ0v) is 16.9. The van der Waals surface area contributed by atoms with Gasteiger partial charge in [0.15, 0.2) is 5.96 Å². The molecular weight excluding hydrogens is 421 g/mol. The van der Waals surface area contributed by atoms with Crippen LogP contribution in [0.4, 0.5) is 0 Å². The van der Waals surface area contributed by atoms with Gasteiger partial charge in [0, 0.05) is 38.2 Å². The minimum atomic E-state index is 0.302. The van der Waals surface area contributed by atoms with Crippen LogP contribution < -0.4 is 10.1 Å². The summed E-state index contributed by atoms with van der Waals surface area (Å²) in [6, 6.07) is 8.23. The Morgan fingerprint density at radius 1 is 1.39 bits per heavy atom. The molecule has 0 radical (unpaired) electrons. The summed E-state index contributed by atoms with van der Waals surface area (Å²) in [4.78, 5) is 7.08. The van der Waals surface area contributed by atoms with Crippen LogP contribution in [-0.4, -0.2) is 55.2 Å². The van der Waals surface area contributed by atoms with Crippen LogP contribution in [0.25, 0.3) is 0 Å². The quantitative estimate of drug-likeness (QED) is 0.314. The lowest BCUT2D eigenvalue weighted by Gasteiger charge is -2.34. The number of hydrogen-bond donors (Lipinski definition) is 1. The fourth-order valence-electron chi connectivity index (χ4n) is 2.57. The van der Waals surface area contributed by atoms with Crippen molar-refractivity contribution in [3.05, 3.63) is 27.8 Å². The minimum Gasteiger partial charge on any atom is -0.489 e. The number of para-hydroxylation sites is 1. The molecule has 1 heterocycles. The molecule has 1 aromatic rings. The van der Waals surface area contributed by atoms with Gasteiger partial charge in [0.1, 0.15) is 11.9 Å². The Labute approximate surface area is 157 Å². The highest BCUT2D eigenvalue weighted by molar-refractivity contribution is 14.1. The summed E-state index contributed by atoms with van der Waals surface area (Å²) in [6.45, 7) is 5.91. The number of halogens is 1. The minimum absolute atomic E-state index is 0.302. The van der Waals surface area contributed by atoms with E-state index < -0.39 is 0 Å². The van der Waals surface area contributed by atoms with E-state index >= 15 is 0 Å². The SMILES string of the molecule is CCNC(=NCCSC)N1CCC(Oc2ccccc2I)CC1. The van der Waals surface area contributed by atoms with Crippen LogP contribution in [0.3, 0.4) is 0 Å². The fraction of sp³-hybridized carbons (Fsp3) is 0.588. The number of likely N-dealkylation sites (tertiary alicyclic amines) is 1. The highest BCUT2D eigenvalue weighted by Gasteiger charge is 2.23. The number of aliphatic imine (C=N–C) groups is 1. The molecule has 0 spiro atoms. The molecule has 1 aliphatic heterocycles. The summed E-state index contributed by atoms with van der Waals surface area (Å²) in [6.07, 6.45) is 4.50. The van der Waals surface area contributed by atoms with Gasteiger partial charge in [-0.1, -0.05) is 12.1 Å². The van der Waals surface area contributed by atoms with E-state index in [0.29, 0.717) is 6.10 Å². The Balaban J connectivity index is 1.86. The smallest absolute Gasteiger partial charge is 0.193 e.